The van der Waals surface area contributed by atoms with Crippen molar-refractivity contribution in [2.24, 2.45) is 0 Å². The van der Waals surface area contributed by atoms with E-state index in [0.29, 0.717) is 6.61 Å². The lowest BCUT2D eigenvalue weighted by atomic mass is 10.6. The molecule has 0 radical (unpaired) electrons. The van der Waals surface area contributed by atoms with Crippen molar-refractivity contribution in [1.82, 2.24) is 14.8 Å². The lowest BCUT2D eigenvalue weighted by Gasteiger charge is -1.98. The summed E-state index contributed by atoms with van der Waals surface area (Å²) < 4.78 is 7.33. The quantitative estimate of drug-likeness (QED) is 0.772. The molecule has 2 rings (SSSR count). The first-order chi connectivity index (χ1) is 6.88. The summed E-state index contributed by atoms with van der Waals surface area (Å²) in [5.74, 6) is 0.794. The first-order valence-electron chi connectivity index (χ1n) is 4.42. The van der Waals surface area contributed by atoms with E-state index in [9.17, 15) is 0 Å². The average Bonchev–Trinajstić information content (AvgIpc) is 2.86. The summed E-state index contributed by atoms with van der Waals surface area (Å²) >= 11 is 1.59. The minimum atomic E-state index is 0.521. The second-order valence-electron chi connectivity index (χ2n) is 2.75. The normalized spacial score (nSPS) is 10.4. The maximum absolute atomic E-state index is 5.50. The van der Waals surface area contributed by atoms with E-state index in [1.54, 1.807) is 23.7 Å². The molecule has 2 aromatic heterocycles. The maximum atomic E-state index is 5.50. The van der Waals surface area contributed by atoms with Crippen LogP contribution in [0, 0.1) is 0 Å². The van der Waals surface area contributed by atoms with Crippen molar-refractivity contribution in [1.29, 1.82) is 0 Å². The van der Waals surface area contributed by atoms with Crippen molar-refractivity contribution in [2.45, 2.75) is 20.1 Å². The third kappa shape index (κ3) is 2.11. The smallest absolute Gasteiger partial charge is 0.157 e. The molecule has 0 aliphatic heterocycles. The maximum Gasteiger partial charge on any atom is 0.157 e. The van der Waals surface area contributed by atoms with E-state index in [4.69, 9.17) is 4.74 Å². The van der Waals surface area contributed by atoms with Gasteiger partial charge in [-0.1, -0.05) is 0 Å². The van der Waals surface area contributed by atoms with Crippen LogP contribution in [-0.2, 0) is 13.2 Å². The molecule has 0 atom stereocenters. The highest BCUT2D eigenvalue weighted by Crippen LogP contribution is 2.12. The van der Waals surface area contributed by atoms with E-state index in [1.807, 2.05) is 23.2 Å². The number of aryl methyl sites for hydroxylation is 1. The largest absolute Gasteiger partial charge is 0.483 e. The standard InChI is InChI=1S/C9H11N3OS/c1-2-12-6-8(5-11-12)13-7-9-10-3-4-14-9/h3-6H,2,7H2,1H3. The SMILES string of the molecule is CCn1cc(OCc2nccs2)cn1. The number of aromatic nitrogens is 3. The van der Waals surface area contributed by atoms with Crippen molar-refractivity contribution in [3.8, 4) is 5.75 Å². The molecule has 0 unspecified atom stereocenters. The van der Waals surface area contributed by atoms with Crippen molar-refractivity contribution in [3.05, 3.63) is 29.0 Å². The number of ether oxygens (including phenoxy) is 1. The first-order valence-corrected chi connectivity index (χ1v) is 5.30. The van der Waals surface area contributed by atoms with Gasteiger partial charge in [0.15, 0.2) is 5.75 Å². The van der Waals surface area contributed by atoms with Gasteiger partial charge in [-0.15, -0.1) is 11.3 Å². The molecule has 0 bridgehead atoms. The van der Waals surface area contributed by atoms with Crippen LogP contribution in [0.5, 0.6) is 5.75 Å². The van der Waals surface area contributed by atoms with Gasteiger partial charge in [-0.05, 0) is 6.92 Å². The monoisotopic (exact) mass is 209 g/mol. The Morgan fingerprint density at radius 3 is 3.14 bits per heavy atom. The number of hydrogen-bond donors (Lipinski definition) is 0. The van der Waals surface area contributed by atoms with Crippen LogP contribution in [0.2, 0.25) is 0 Å². The molecule has 0 N–H and O–H groups in total. The van der Waals surface area contributed by atoms with Gasteiger partial charge in [-0.25, -0.2) is 4.98 Å². The van der Waals surface area contributed by atoms with Crippen LogP contribution in [0.3, 0.4) is 0 Å². The number of thiazole rings is 1. The van der Waals surface area contributed by atoms with E-state index < -0.39 is 0 Å². The second-order valence-corrected chi connectivity index (χ2v) is 3.73. The minimum absolute atomic E-state index is 0.521. The summed E-state index contributed by atoms with van der Waals surface area (Å²) in [5.41, 5.74) is 0. The van der Waals surface area contributed by atoms with Gasteiger partial charge in [0, 0.05) is 18.1 Å². The molecule has 0 saturated heterocycles. The third-order valence-corrected chi connectivity index (χ3v) is 2.53. The van der Waals surface area contributed by atoms with Gasteiger partial charge in [0.05, 0.1) is 12.4 Å². The fourth-order valence-electron chi connectivity index (χ4n) is 1.06. The van der Waals surface area contributed by atoms with Gasteiger partial charge in [0.25, 0.3) is 0 Å². The van der Waals surface area contributed by atoms with Crippen molar-refractivity contribution in [2.75, 3.05) is 0 Å². The Bertz CT molecular complexity index is 382. The van der Waals surface area contributed by atoms with Crippen molar-refractivity contribution >= 4 is 11.3 Å². The molecule has 0 aromatic carbocycles. The molecule has 2 heterocycles. The molecule has 2 aromatic rings. The Hall–Kier alpha value is -1.36. The van der Waals surface area contributed by atoms with E-state index in [-0.39, 0.29) is 0 Å². The zero-order valence-corrected chi connectivity index (χ0v) is 8.70. The Morgan fingerprint density at radius 1 is 1.57 bits per heavy atom. The predicted octanol–water partition coefficient (Wildman–Crippen LogP) is 1.94. The van der Waals surface area contributed by atoms with Crippen LogP contribution in [0.15, 0.2) is 24.0 Å². The van der Waals surface area contributed by atoms with Gasteiger partial charge in [-0.2, -0.15) is 5.10 Å². The van der Waals surface area contributed by atoms with Crippen molar-refractivity contribution in [3.63, 3.8) is 0 Å². The zero-order valence-electron chi connectivity index (χ0n) is 7.88. The molecule has 4 nitrogen and oxygen atoms in total. The lowest BCUT2D eigenvalue weighted by Crippen LogP contribution is -1.94. The molecule has 0 amide bonds. The van der Waals surface area contributed by atoms with E-state index in [2.05, 4.69) is 10.1 Å². The highest BCUT2D eigenvalue weighted by atomic mass is 32.1. The van der Waals surface area contributed by atoms with Crippen LogP contribution in [-0.4, -0.2) is 14.8 Å². The van der Waals surface area contributed by atoms with Gasteiger partial charge in [0.2, 0.25) is 0 Å². The van der Waals surface area contributed by atoms with E-state index >= 15 is 0 Å². The summed E-state index contributed by atoms with van der Waals surface area (Å²) in [5, 5.41) is 7.03. The summed E-state index contributed by atoms with van der Waals surface area (Å²) in [6.07, 6.45) is 5.38. The topological polar surface area (TPSA) is 39.9 Å². The van der Waals surface area contributed by atoms with Crippen LogP contribution in [0.4, 0.5) is 0 Å². The molecule has 14 heavy (non-hydrogen) atoms. The van der Waals surface area contributed by atoms with Crippen LogP contribution in [0.25, 0.3) is 0 Å². The highest BCUT2D eigenvalue weighted by Gasteiger charge is 2.00. The van der Waals surface area contributed by atoms with Crippen LogP contribution >= 0.6 is 11.3 Å². The molecule has 0 aliphatic rings. The lowest BCUT2D eigenvalue weighted by molar-refractivity contribution is 0.305. The molecule has 74 valence electrons. The third-order valence-electron chi connectivity index (χ3n) is 1.78. The van der Waals surface area contributed by atoms with Gasteiger partial charge < -0.3 is 4.74 Å². The summed E-state index contributed by atoms with van der Waals surface area (Å²) in [6, 6.07) is 0. The average molecular weight is 209 g/mol. The summed E-state index contributed by atoms with van der Waals surface area (Å²) in [7, 11) is 0. The predicted molar refractivity (Wildman–Crippen MR) is 54.3 cm³/mol. The van der Waals surface area contributed by atoms with E-state index in [0.717, 1.165) is 17.3 Å². The van der Waals surface area contributed by atoms with Crippen molar-refractivity contribution < 1.29 is 4.74 Å². The van der Waals surface area contributed by atoms with Gasteiger partial charge in [0.1, 0.15) is 11.6 Å². The molecule has 0 spiro atoms. The highest BCUT2D eigenvalue weighted by molar-refractivity contribution is 7.09. The Labute approximate surface area is 86.2 Å². The Morgan fingerprint density at radius 2 is 2.50 bits per heavy atom. The Kier molecular flexibility index (Phi) is 2.78. The molecule has 0 saturated carbocycles. The zero-order chi connectivity index (χ0) is 9.80. The van der Waals surface area contributed by atoms with Crippen LogP contribution < -0.4 is 4.74 Å². The molecule has 5 heteroatoms. The van der Waals surface area contributed by atoms with E-state index in [1.165, 1.54) is 0 Å². The molecular weight excluding hydrogens is 198 g/mol. The Balaban J connectivity index is 1.92. The fourth-order valence-corrected chi connectivity index (χ4v) is 1.59. The van der Waals surface area contributed by atoms with Gasteiger partial charge >= 0.3 is 0 Å². The van der Waals surface area contributed by atoms with Crippen LogP contribution in [0.1, 0.15) is 11.9 Å². The minimum Gasteiger partial charge on any atom is -0.483 e. The second kappa shape index (κ2) is 4.23. The first kappa shape index (κ1) is 9.21. The molecule has 0 fully saturated rings. The molecular formula is C9H11N3OS. The number of rotatable bonds is 4. The summed E-state index contributed by atoms with van der Waals surface area (Å²) in [6.45, 7) is 3.42. The number of hydrogen-bond acceptors (Lipinski definition) is 4. The van der Waals surface area contributed by atoms with Gasteiger partial charge in [-0.3, -0.25) is 4.68 Å². The summed E-state index contributed by atoms with van der Waals surface area (Å²) in [4.78, 5) is 4.12. The molecule has 0 aliphatic carbocycles. The number of nitrogens with zero attached hydrogens (tertiary/aromatic N) is 3. The fraction of sp³-hybridized carbons (Fsp3) is 0.333.